The van der Waals surface area contributed by atoms with Crippen LogP contribution in [0.3, 0.4) is 0 Å². The summed E-state index contributed by atoms with van der Waals surface area (Å²) in [5, 5.41) is 11.8. The maximum Gasteiger partial charge on any atom is 0.243 e. The van der Waals surface area contributed by atoms with Crippen LogP contribution in [0.2, 0.25) is 0 Å². The van der Waals surface area contributed by atoms with E-state index in [9.17, 15) is 24.0 Å². The molecule has 56 heavy (non-hydrogen) atoms. The van der Waals surface area contributed by atoms with E-state index in [0.717, 1.165) is 56.8 Å². The summed E-state index contributed by atoms with van der Waals surface area (Å²) >= 11 is 0. The van der Waals surface area contributed by atoms with Crippen molar-refractivity contribution in [1.82, 2.24) is 26.2 Å². The number of nitrogens with one attached hydrogen (secondary N) is 4. The summed E-state index contributed by atoms with van der Waals surface area (Å²) in [6.07, 6.45) is 4.72. The van der Waals surface area contributed by atoms with Crippen molar-refractivity contribution in [3.63, 3.8) is 0 Å². The van der Waals surface area contributed by atoms with Gasteiger partial charge in [-0.05, 0) is 75.0 Å². The molecule has 0 bridgehead atoms. The molecule has 4 rings (SSSR count). The zero-order valence-corrected chi connectivity index (χ0v) is 34.1. The van der Waals surface area contributed by atoms with Crippen molar-refractivity contribution >= 4 is 29.4 Å². The molecule has 308 valence electrons. The molecule has 2 aliphatic rings. The summed E-state index contributed by atoms with van der Waals surface area (Å²) < 4.78 is 10.8. The standard InChI is InChI=1S/C44H65N5O7/c1-31(2)27-36(40(51)44(5)30-56-44)46-43(54)38(29-34-17-11-7-12-18-34)48-42(53)37(28-32(3)4)47-41(52)35(21-20-33-15-9-6-10-16-33)45-39(50)19-13-8-14-22-49-23-25-55-26-24-49/h6-7,9-12,15-18,31-32,35-38H,8,13-14,19-30H2,1-5H3,(H,45,50)(H,46,54)(H,47,52)(H,48,53)/t35-,36-,37-,38-,44-/m0/s1. The van der Waals surface area contributed by atoms with E-state index in [1.165, 1.54) is 0 Å². The third-order valence-electron chi connectivity index (χ3n) is 10.4. The molecule has 4 amide bonds. The molecule has 0 aliphatic carbocycles. The first-order chi connectivity index (χ1) is 26.8. The Kier molecular flexibility index (Phi) is 18.0. The number of Topliss-reactive ketones (excluding diaryl/α,β-unsaturated/α-hetero) is 1. The lowest BCUT2D eigenvalue weighted by Crippen LogP contribution is -2.59. The molecule has 2 heterocycles. The minimum Gasteiger partial charge on any atom is -0.379 e. The van der Waals surface area contributed by atoms with Gasteiger partial charge in [0, 0.05) is 25.9 Å². The monoisotopic (exact) mass is 775 g/mol. The Morgan fingerprint density at radius 3 is 1.82 bits per heavy atom. The fraction of sp³-hybridized carbons (Fsp3) is 0.614. The van der Waals surface area contributed by atoms with Gasteiger partial charge >= 0.3 is 0 Å². The van der Waals surface area contributed by atoms with E-state index in [1.807, 2.05) is 88.4 Å². The summed E-state index contributed by atoms with van der Waals surface area (Å²) in [5.41, 5.74) is 0.935. The van der Waals surface area contributed by atoms with Crippen LogP contribution in [0.4, 0.5) is 0 Å². The number of epoxide rings is 1. The van der Waals surface area contributed by atoms with Crippen LogP contribution >= 0.6 is 0 Å². The minimum absolute atomic E-state index is 0.0228. The van der Waals surface area contributed by atoms with Crippen LogP contribution in [0.5, 0.6) is 0 Å². The molecule has 2 fully saturated rings. The van der Waals surface area contributed by atoms with Crippen LogP contribution < -0.4 is 21.3 Å². The van der Waals surface area contributed by atoms with Crippen molar-refractivity contribution in [1.29, 1.82) is 0 Å². The van der Waals surface area contributed by atoms with E-state index in [-0.39, 0.29) is 29.9 Å². The van der Waals surface area contributed by atoms with Crippen molar-refractivity contribution in [3.8, 4) is 0 Å². The molecule has 0 unspecified atom stereocenters. The fourth-order valence-electron chi connectivity index (χ4n) is 7.01. The van der Waals surface area contributed by atoms with E-state index in [4.69, 9.17) is 9.47 Å². The SMILES string of the molecule is CC(C)C[C@H](NC(=O)[C@H](CCc1ccccc1)NC(=O)CCCCCN1CCOCC1)C(=O)N[C@@H](Cc1ccccc1)C(=O)N[C@@H](CC(C)C)C(=O)[C@]1(C)CO1. The van der Waals surface area contributed by atoms with Crippen molar-refractivity contribution < 1.29 is 33.4 Å². The summed E-state index contributed by atoms with van der Waals surface area (Å²) in [6, 6.07) is 15.5. The molecule has 0 radical (unpaired) electrons. The van der Waals surface area contributed by atoms with Crippen molar-refractivity contribution in [2.45, 2.75) is 122 Å². The molecular formula is C44H65N5O7. The number of aryl methyl sites for hydroxylation is 1. The second kappa shape index (κ2) is 22.6. The Balaban J connectivity index is 1.45. The van der Waals surface area contributed by atoms with Crippen molar-refractivity contribution in [2.24, 2.45) is 11.8 Å². The first kappa shape index (κ1) is 44.6. The Hall–Kier alpha value is -4.13. The van der Waals surface area contributed by atoms with E-state index >= 15 is 0 Å². The van der Waals surface area contributed by atoms with Crippen molar-refractivity contribution in [2.75, 3.05) is 39.5 Å². The van der Waals surface area contributed by atoms with E-state index < -0.39 is 47.5 Å². The third kappa shape index (κ3) is 15.4. The Bertz CT molecular complexity index is 1540. The minimum atomic E-state index is -1.02. The average molecular weight is 776 g/mol. The number of hydrogen-bond donors (Lipinski definition) is 4. The lowest BCUT2D eigenvalue weighted by Gasteiger charge is -2.28. The number of ether oxygens (including phenoxy) is 2. The quantitative estimate of drug-likeness (QED) is 0.0916. The van der Waals surface area contributed by atoms with Crippen LogP contribution in [-0.2, 0) is 46.3 Å². The molecule has 4 N–H and O–H groups in total. The molecular weight excluding hydrogens is 711 g/mol. The number of benzene rings is 2. The molecule has 12 nitrogen and oxygen atoms in total. The molecule has 5 atom stereocenters. The number of carbonyl (C=O) groups is 5. The Labute approximate surface area is 333 Å². The summed E-state index contributed by atoms with van der Waals surface area (Å²) in [5.74, 6) is -1.70. The summed E-state index contributed by atoms with van der Waals surface area (Å²) in [7, 11) is 0. The lowest BCUT2D eigenvalue weighted by molar-refractivity contribution is -0.135. The predicted octanol–water partition coefficient (Wildman–Crippen LogP) is 4.14. The van der Waals surface area contributed by atoms with Gasteiger partial charge in [-0.25, -0.2) is 0 Å². The van der Waals surface area contributed by atoms with Crippen LogP contribution in [0.15, 0.2) is 60.7 Å². The number of amides is 4. The smallest absolute Gasteiger partial charge is 0.243 e. The van der Waals surface area contributed by atoms with Gasteiger partial charge in [-0.3, -0.25) is 28.9 Å². The van der Waals surface area contributed by atoms with Gasteiger partial charge in [0.2, 0.25) is 23.6 Å². The summed E-state index contributed by atoms with van der Waals surface area (Å²) in [4.78, 5) is 71.1. The van der Waals surface area contributed by atoms with Gasteiger partial charge in [-0.15, -0.1) is 0 Å². The van der Waals surface area contributed by atoms with Crippen LogP contribution in [0.1, 0.15) is 90.7 Å². The van der Waals surface area contributed by atoms with Gasteiger partial charge in [-0.2, -0.15) is 0 Å². The first-order valence-electron chi connectivity index (χ1n) is 20.6. The van der Waals surface area contributed by atoms with Crippen molar-refractivity contribution in [3.05, 3.63) is 71.8 Å². The number of ketones is 1. The zero-order chi connectivity index (χ0) is 40.5. The highest BCUT2D eigenvalue weighted by Crippen LogP contribution is 2.29. The Morgan fingerprint density at radius 1 is 0.679 bits per heavy atom. The van der Waals surface area contributed by atoms with Crippen LogP contribution in [0, 0.1) is 11.8 Å². The Morgan fingerprint density at radius 2 is 1.21 bits per heavy atom. The maximum absolute atomic E-state index is 14.1. The first-order valence-corrected chi connectivity index (χ1v) is 20.6. The summed E-state index contributed by atoms with van der Waals surface area (Å²) in [6.45, 7) is 14.3. The molecule has 2 aromatic rings. The van der Waals surface area contributed by atoms with Gasteiger partial charge in [0.1, 0.15) is 23.7 Å². The number of rotatable bonds is 24. The maximum atomic E-state index is 14.1. The number of unbranched alkanes of at least 4 members (excludes halogenated alkanes) is 2. The number of morpholine rings is 1. The highest BCUT2D eigenvalue weighted by atomic mass is 16.6. The van der Waals surface area contributed by atoms with Crippen LogP contribution in [-0.4, -0.2) is 104 Å². The molecule has 2 saturated heterocycles. The molecule has 0 saturated carbocycles. The normalized spacial score (nSPS) is 19.1. The van der Waals surface area contributed by atoms with E-state index in [2.05, 4.69) is 26.2 Å². The topological polar surface area (TPSA) is 158 Å². The number of nitrogens with zero attached hydrogens (tertiary/aromatic N) is 1. The second-order valence-electron chi connectivity index (χ2n) is 16.4. The van der Waals surface area contributed by atoms with Gasteiger partial charge in [0.25, 0.3) is 0 Å². The van der Waals surface area contributed by atoms with E-state index in [0.29, 0.717) is 45.1 Å². The average Bonchev–Trinajstić information content (AvgIpc) is 3.94. The predicted molar refractivity (Wildman–Crippen MR) is 217 cm³/mol. The fourth-order valence-corrected chi connectivity index (χ4v) is 7.01. The zero-order valence-electron chi connectivity index (χ0n) is 34.1. The highest BCUT2D eigenvalue weighted by molar-refractivity contribution is 5.98. The van der Waals surface area contributed by atoms with E-state index in [1.54, 1.807) is 6.92 Å². The molecule has 12 heteroatoms. The van der Waals surface area contributed by atoms with Gasteiger partial charge in [0.15, 0.2) is 5.78 Å². The molecule has 0 spiro atoms. The highest BCUT2D eigenvalue weighted by Gasteiger charge is 2.50. The van der Waals surface area contributed by atoms with Gasteiger partial charge in [-0.1, -0.05) is 94.8 Å². The molecule has 0 aromatic heterocycles. The molecule has 2 aliphatic heterocycles. The van der Waals surface area contributed by atoms with Gasteiger partial charge < -0.3 is 30.7 Å². The number of hydrogen-bond acceptors (Lipinski definition) is 8. The molecule has 2 aromatic carbocycles. The largest absolute Gasteiger partial charge is 0.379 e. The van der Waals surface area contributed by atoms with Crippen LogP contribution in [0.25, 0.3) is 0 Å². The third-order valence-corrected chi connectivity index (χ3v) is 10.4. The number of carbonyl (C=O) groups excluding carboxylic acids is 5. The second-order valence-corrected chi connectivity index (χ2v) is 16.4. The lowest BCUT2D eigenvalue weighted by atomic mass is 9.93. The van der Waals surface area contributed by atoms with Gasteiger partial charge in [0.05, 0.1) is 25.9 Å².